The van der Waals surface area contributed by atoms with E-state index in [1.807, 2.05) is 6.92 Å². The minimum atomic E-state index is -0.224. The molecule has 1 rings (SSSR count). The summed E-state index contributed by atoms with van der Waals surface area (Å²) < 4.78 is 0. The highest BCUT2D eigenvalue weighted by molar-refractivity contribution is 5.94. The van der Waals surface area contributed by atoms with Gasteiger partial charge < -0.3 is 10.4 Å². The quantitative estimate of drug-likeness (QED) is 0.616. The molecular weight excluding hydrogens is 170 g/mol. The number of hydrogen-bond donors (Lipinski definition) is 3. The molecule has 0 saturated carbocycles. The monoisotopic (exact) mass is 183 g/mol. The Morgan fingerprint density at radius 3 is 3.15 bits per heavy atom. The lowest BCUT2D eigenvalue weighted by Crippen LogP contribution is -2.24. The van der Waals surface area contributed by atoms with E-state index in [0.717, 1.165) is 6.42 Å². The summed E-state index contributed by atoms with van der Waals surface area (Å²) in [5.74, 6) is -0.195. The first kappa shape index (κ1) is 9.73. The van der Waals surface area contributed by atoms with Crippen LogP contribution in [0.15, 0.2) is 6.20 Å². The standard InChI is InChI=1S/C8H13N3O2/c1-2-3-9-8(13)6-4-10-11-7(6)5-12/h4,12H,2-3,5H2,1H3,(H,9,13)(H,10,11). The highest BCUT2D eigenvalue weighted by atomic mass is 16.3. The molecular formula is C8H13N3O2. The van der Waals surface area contributed by atoms with Gasteiger partial charge in [0.2, 0.25) is 0 Å². The second-order valence-corrected chi connectivity index (χ2v) is 2.66. The molecule has 0 bridgehead atoms. The van der Waals surface area contributed by atoms with Crippen LogP contribution < -0.4 is 5.32 Å². The molecule has 0 aliphatic rings. The number of aliphatic hydroxyl groups is 1. The van der Waals surface area contributed by atoms with Crippen LogP contribution in [0, 0.1) is 0 Å². The predicted octanol–water partition coefficient (Wildman–Crippen LogP) is 0.0418. The summed E-state index contributed by atoms with van der Waals surface area (Å²) in [4.78, 5) is 11.4. The zero-order valence-electron chi connectivity index (χ0n) is 7.50. The molecule has 0 unspecified atom stereocenters. The summed E-state index contributed by atoms with van der Waals surface area (Å²) in [6, 6.07) is 0. The van der Waals surface area contributed by atoms with Crippen LogP contribution in [0.5, 0.6) is 0 Å². The molecule has 0 saturated heterocycles. The van der Waals surface area contributed by atoms with Gasteiger partial charge in [0.15, 0.2) is 0 Å². The third-order valence-electron chi connectivity index (χ3n) is 1.65. The molecule has 1 heterocycles. The van der Waals surface area contributed by atoms with E-state index in [0.29, 0.717) is 17.8 Å². The number of aromatic amines is 1. The third-order valence-corrected chi connectivity index (χ3v) is 1.65. The van der Waals surface area contributed by atoms with Crippen molar-refractivity contribution in [2.75, 3.05) is 6.54 Å². The predicted molar refractivity (Wildman–Crippen MR) is 47.1 cm³/mol. The first-order valence-corrected chi connectivity index (χ1v) is 4.21. The molecule has 13 heavy (non-hydrogen) atoms. The van der Waals surface area contributed by atoms with Crippen LogP contribution in [0.3, 0.4) is 0 Å². The van der Waals surface area contributed by atoms with Crippen molar-refractivity contribution >= 4 is 5.91 Å². The molecule has 5 nitrogen and oxygen atoms in total. The van der Waals surface area contributed by atoms with E-state index in [2.05, 4.69) is 15.5 Å². The second kappa shape index (κ2) is 4.61. The van der Waals surface area contributed by atoms with Crippen LogP contribution >= 0.6 is 0 Å². The number of H-pyrrole nitrogens is 1. The van der Waals surface area contributed by atoms with E-state index in [9.17, 15) is 4.79 Å². The first-order valence-electron chi connectivity index (χ1n) is 4.21. The maximum absolute atomic E-state index is 11.4. The summed E-state index contributed by atoms with van der Waals surface area (Å²) in [5, 5.41) is 17.8. The van der Waals surface area contributed by atoms with Crippen molar-refractivity contribution < 1.29 is 9.90 Å². The van der Waals surface area contributed by atoms with Crippen molar-refractivity contribution in [2.45, 2.75) is 20.0 Å². The van der Waals surface area contributed by atoms with Crippen LogP contribution in [0.1, 0.15) is 29.4 Å². The van der Waals surface area contributed by atoms with Crippen LogP contribution in [0.4, 0.5) is 0 Å². The highest BCUT2D eigenvalue weighted by Crippen LogP contribution is 2.03. The maximum atomic E-state index is 11.4. The topological polar surface area (TPSA) is 78.0 Å². The van der Waals surface area contributed by atoms with E-state index in [-0.39, 0.29) is 12.5 Å². The van der Waals surface area contributed by atoms with Gasteiger partial charge in [0.05, 0.1) is 12.2 Å². The minimum absolute atomic E-state index is 0.195. The van der Waals surface area contributed by atoms with Crippen molar-refractivity contribution in [1.29, 1.82) is 0 Å². The molecule has 0 aliphatic carbocycles. The molecule has 5 heteroatoms. The fourth-order valence-electron chi connectivity index (χ4n) is 0.969. The normalized spacial score (nSPS) is 10.0. The molecule has 3 N–H and O–H groups in total. The van der Waals surface area contributed by atoms with Gasteiger partial charge in [-0.3, -0.25) is 9.89 Å². The summed E-state index contributed by atoms with van der Waals surface area (Å²) in [5.41, 5.74) is 0.796. The molecule has 72 valence electrons. The number of nitrogens with one attached hydrogen (secondary N) is 2. The molecule has 1 aromatic heterocycles. The Kier molecular flexibility index (Phi) is 3.45. The Morgan fingerprint density at radius 2 is 2.54 bits per heavy atom. The average Bonchev–Trinajstić information content (AvgIpc) is 2.61. The SMILES string of the molecule is CCCNC(=O)c1c[nH]nc1CO. The molecule has 0 aromatic carbocycles. The largest absolute Gasteiger partial charge is 0.390 e. The Morgan fingerprint density at radius 1 is 1.77 bits per heavy atom. The number of aromatic nitrogens is 2. The van der Waals surface area contributed by atoms with E-state index >= 15 is 0 Å². The van der Waals surface area contributed by atoms with Crippen molar-refractivity contribution in [3.63, 3.8) is 0 Å². The number of amides is 1. The lowest BCUT2D eigenvalue weighted by Gasteiger charge is -2.01. The van der Waals surface area contributed by atoms with Gasteiger partial charge in [0.25, 0.3) is 5.91 Å². The van der Waals surface area contributed by atoms with E-state index in [1.54, 1.807) is 0 Å². The van der Waals surface area contributed by atoms with Gasteiger partial charge in [-0.25, -0.2) is 0 Å². The van der Waals surface area contributed by atoms with Crippen molar-refractivity contribution in [3.05, 3.63) is 17.5 Å². The summed E-state index contributed by atoms with van der Waals surface area (Å²) >= 11 is 0. The zero-order valence-corrected chi connectivity index (χ0v) is 7.50. The summed E-state index contributed by atoms with van der Waals surface area (Å²) in [6.07, 6.45) is 2.37. The van der Waals surface area contributed by atoms with Gasteiger partial charge in [-0.05, 0) is 6.42 Å². The number of carbonyl (C=O) groups excluding carboxylic acids is 1. The van der Waals surface area contributed by atoms with Crippen LogP contribution in [-0.4, -0.2) is 27.8 Å². The second-order valence-electron chi connectivity index (χ2n) is 2.66. The lowest BCUT2D eigenvalue weighted by molar-refractivity contribution is 0.0950. The van der Waals surface area contributed by atoms with Crippen LogP contribution in [0.2, 0.25) is 0 Å². The fraction of sp³-hybridized carbons (Fsp3) is 0.500. The van der Waals surface area contributed by atoms with E-state index in [1.165, 1.54) is 6.20 Å². The zero-order chi connectivity index (χ0) is 9.68. The van der Waals surface area contributed by atoms with Crippen LogP contribution in [-0.2, 0) is 6.61 Å². The number of nitrogens with zero attached hydrogens (tertiary/aromatic N) is 1. The molecule has 0 spiro atoms. The van der Waals surface area contributed by atoms with Gasteiger partial charge in [-0.2, -0.15) is 5.10 Å². The maximum Gasteiger partial charge on any atom is 0.254 e. The number of carbonyl (C=O) groups is 1. The molecule has 0 fully saturated rings. The average molecular weight is 183 g/mol. The van der Waals surface area contributed by atoms with Gasteiger partial charge >= 0.3 is 0 Å². The number of hydrogen-bond acceptors (Lipinski definition) is 3. The Bertz CT molecular complexity index is 283. The number of rotatable bonds is 4. The van der Waals surface area contributed by atoms with Crippen molar-refractivity contribution in [2.24, 2.45) is 0 Å². The highest BCUT2D eigenvalue weighted by Gasteiger charge is 2.11. The molecule has 0 atom stereocenters. The molecule has 0 radical (unpaired) electrons. The van der Waals surface area contributed by atoms with E-state index < -0.39 is 0 Å². The lowest BCUT2D eigenvalue weighted by atomic mass is 10.2. The third kappa shape index (κ3) is 2.29. The van der Waals surface area contributed by atoms with Gasteiger partial charge in [0.1, 0.15) is 5.69 Å². The Labute approximate surface area is 76.2 Å². The van der Waals surface area contributed by atoms with Crippen molar-refractivity contribution in [1.82, 2.24) is 15.5 Å². The van der Waals surface area contributed by atoms with Gasteiger partial charge in [0, 0.05) is 12.7 Å². The van der Waals surface area contributed by atoms with E-state index in [4.69, 9.17) is 5.11 Å². The van der Waals surface area contributed by atoms with Crippen molar-refractivity contribution in [3.8, 4) is 0 Å². The number of aliphatic hydroxyl groups excluding tert-OH is 1. The van der Waals surface area contributed by atoms with Crippen LogP contribution in [0.25, 0.3) is 0 Å². The van der Waals surface area contributed by atoms with Gasteiger partial charge in [-0.1, -0.05) is 6.92 Å². The van der Waals surface area contributed by atoms with Gasteiger partial charge in [-0.15, -0.1) is 0 Å². The minimum Gasteiger partial charge on any atom is -0.390 e. The Balaban J connectivity index is 2.65. The summed E-state index contributed by atoms with van der Waals surface area (Å²) in [7, 11) is 0. The first-order chi connectivity index (χ1) is 6.29. The molecule has 1 aromatic rings. The Hall–Kier alpha value is -1.36. The smallest absolute Gasteiger partial charge is 0.254 e. The molecule has 1 amide bonds. The molecule has 0 aliphatic heterocycles. The summed E-state index contributed by atoms with van der Waals surface area (Å²) in [6.45, 7) is 2.38. The fourth-order valence-corrected chi connectivity index (χ4v) is 0.969.